The Labute approximate surface area is 108 Å². The van der Waals surface area contributed by atoms with E-state index in [2.05, 4.69) is 10.2 Å². The van der Waals surface area contributed by atoms with Crippen molar-refractivity contribution in [2.45, 2.75) is 6.54 Å². The number of rotatable bonds is 4. The van der Waals surface area contributed by atoms with Crippen molar-refractivity contribution in [3.8, 4) is 17.1 Å². The molecule has 0 spiro atoms. The van der Waals surface area contributed by atoms with E-state index in [0.717, 1.165) is 11.3 Å². The minimum absolute atomic E-state index is 0.226. The van der Waals surface area contributed by atoms with Gasteiger partial charge in [0.25, 0.3) is 0 Å². The standard InChI is InChI=1S/C11H11N3O3S/c1-17-8-4-2-7(3-5-8)10-12-13-11(18)14(10)6-9(15)16/h2-5H,6H2,1H3,(H,13,18)(H,15,16). The van der Waals surface area contributed by atoms with E-state index in [1.54, 1.807) is 31.4 Å². The van der Waals surface area contributed by atoms with Crippen LogP contribution in [0.2, 0.25) is 0 Å². The van der Waals surface area contributed by atoms with Crippen LogP contribution in [0.1, 0.15) is 0 Å². The second-order valence-electron chi connectivity index (χ2n) is 3.56. The van der Waals surface area contributed by atoms with Crippen LogP contribution in [-0.2, 0) is 11.3 Å². The van der Waals surface area contributed by atoms with E-state index in [-0.39, 0.29) is 11.3 Å². The molecular weight excluding hydrogens is 254 g/mol. The van der Waals surface area contributed by atoms with Crippen LogP contribution in [0.15, 0.2) is 24.3 Å². The molecule has 0 saturated carbocycles. The molecule has 0 aliphatic heterocycles. The van der Waals surface area contributed by atoms with Gasteiger partial charge in [0.2, 0.25) is 0 Å². The van der Waals surface area contributed by atoms with E-state index in [0.29, 0.717) is 5.82 Å². The number of hydrogen-bond acceptors (Lipinski definition) is 4. The number of ether oxygens (including phenoxy) is 1. The lowest BCUT2D eigenvalue weighted by atomic mass is 10.2. The van der Waals surface area contributed by atoms with E-state index in [9.17, 15) is 4.79 Å². The molecule has 0 bridgehead atoms. The molecule has 0 saturated heterocycles. The number of methoxy groups -OCH3 is 1. The molecule has 1 aromatic heterocycles. The van der Waals surface area contributed by atoms with Gasteiger partial charge < -0.3 is 9.84 Å². The SMILES string of the molecule is COc1ccc(-c2n[nH]c(=S)n2CC(=O)O)cc1. The molecule has 0 fully saturated rings. The second-order valence-corrected chi connectivity index (χ2v) is 3.95. The maximum atomic E-state index is 10.8. The fraction of sp³-hybridized carbons (Fsp3) is 0.182. The third kappa shape index (κ3) is 2.40. The Morgan fingerprint density at radius 1 is 1.50 bits per heavy atom. The highest BCUT2D eigenvalue weighted by atomic mass is 32.1. The Bertz CT molecular complexity index is 615. The van der Waals surface area contributed by atoms with Crippen molar-refractivity contribution >= 4 is 18.2 Å². The van der Waals surface area contributed by atoms with Gasteiger partial charge in [-0.25, -0.2) is 0 Å². The van der Waals surface area contributed by atoms with Crippen LogP contribution in [0.3, 0.4) is 0 Å². The summed E-state index contributed by atoms with van der Waals surface area (Å²) in [4.78, 5) is 10.8. The lowest BCUT2D eigenvalue weighted by Crippen LogP contribution is -2.10. The zero-order chi connectivity index (χ0) is 13.1. The Hall–Kier alpha value is -2.15. The number of hydrogen-bond donors (Lipinski definition) is 2. The van der Waals surface area contributed by atoms with E-state index < -0.39 is 5.97 Å². The first-order chi connectivity index (χ1) is 8.61. The van der Waals surface area contributed by atoms with Gasteiger partial charge in [-0.05, 0) is 36.5 Å². The Morgan fingerprint density at radius 2 is 2.17 bits per heavy atom. The van der Waals surface area contributed by atoms with Gasteiger partial charge in [0, 0.05) is 5.56 Å². The number of carboxylic acid groups (broad SMARTS) is 1. The lowest BCUT2D eigenvalue weighted by Gasteiger charge is -2.04. The van der Waals surface area contributed by atoms with Gasteiger partial charge in [0.05, 0.1) is 7.11 Å². The van der Waals surface area contributed by atoms with Gasteiger partial charge in [0.1, 0.15) is 12.3 Å². The van der Waals surface area contributed by atoms with Crippen LogP contribution in [0.25, 0.3) is 11.4 Å². The highest BCUT2D eigenvalue weighted by molar-refractivity contribution is 7.71. The lowest BCUT2D eigenvalue weighted by molar-refractivity contribution is -0.137. The molecule has 94 valence electrons. The predicted octanol–water partition coefficient (Wildman–Crippen LogP) is 1.70. The number of benzene rings is 1. The summed E-state index contributed by atoms with van der Waals surface area (Å²) in [5, 5.41) is 15.5. The number of aromatic amines is 1. The van der Waals surface area contributed by atoms with Crippen LogP contribution in [0, 0.1) is 4.77 Å². The van der Waals surface area contributed by atoms with Crippen molar-refractivity contribution < 1.29 is 14.6 Å². The molecule has 1 aromatic carbocycles. The third-order valence-electron chi connectivity index (χ3n) is 2.40. The number of aromatic nitrogens is 3. The van der Waals surface area contributed by atoms with Crippen molar-refractivity contribution in [1.82, 2.24) is 14.8 Å². The largest absolute Gasteiger partial charge is 0.497 e. The maximum absolute atomic E-state index is 10.8. The minimum Gasteiger partial charge on any atom is -0.497 e. The molecule has 0 atom stereocenters. The number of H-pyrrole nitrogens is 1. The molecule has 0 amide bonds. The van der Waals surface area contributed by atoms with Crippen molar-refractivity contribution in [3.05, 3.63) is 29.0 Å². The molecule has 18 heavy (non-hydrogen) atoms. The second kappa shape index (κ2) is 5.01. The van der Waals surface area contributed by atoms with Crippen LogP contribution in [0.5, 0.6) is 5.75 Å². The predicted molar refractivity (Wildman–Crippen MR) is 67.0 cm³/mol. The summed E-state index contributed by atoms with van der Waals surface area (Å²) in [7, 11) is 1.58. The van der Waals surface area contributed by atoms with Gasteiger partial charge in [-0.3, -0.25) is 14.5 Å². The summed E-state index contributed by atoms with van der Waals surface area (Å²) in [6.07, 6.45) is 0. The number of aliphatic carboxylic acids is 1. The molecule has 0 unspecified atom stereocenters. The average Bonchev–Trinajstić information content (AvgIpc) is 2.71. The highest BCUT2D eigenvalue weighted by Crippen LogP contribution is 2.20. The molecule has 2 N–H and O–H groups in total. The summed E-state index contributed by atoms with van der Waals surface area (Å²) in [5.41, 5.74) is 0.768. The minimum atomic E-state index is -0.970. The molecule has 6 nitrogen and oxygen atoms in total. The molecule has 2 rings (SSSR count). The zero-order valence-electron chi connectivity index (χ0n) is 9.58. The van der Waals surface area contributed by atoms with E-state index >= 15 is 0 Å². The fourth-order valence-corrected chi connectivity index (χ4v) is 1.76. The molecule has 0 aliphatic rings. The van der Waals surface area contributed by atoms with Crippen LogP contribution < -0.4 is 4.74 Å². The van der Waals surface area contributed by atoms with Gasteiger partial charge in [-0.1, -0.05) is 0 Å². The quantitative estimate of drug-likeness (QED) is 0.822. The average molecular weight is 265 g/mol. The monoisotopic (exact) mass is 265 g/mol. The Kier molecular flexibility index (Phi) is 3.42. The molecule has 0 radical (unpaired) electrons. The topological polar surface area (TPSA) is 80.1 Å². The van der Waals surface area contributed by atoms with Gasteiger partial charge in [-0.2, -0.15) is 5.10 Å². The van der Waals surface area contributed by atoms with Crippen molar-refractivity contribution in [2.75, 3.05) is 7.11 Å². The smallest absolute Gasteiger partial charge is 0.323 e. The van der Waals surface area contributed by atoms with Crippen LogP contribution in [-0.4, -0.2) is 33.0 Å². The first kappa shape index (κ1) is 12.3. The number of carbonyl (C=O) groups is 1. The van der Waals surface area contributed by atoms with Gasteiger partial charge in [0.15, 0.2) is 10.6 Å². The Balaban J connectivity index is 2.43. The first-order valence-electron chi connectivity index (χ1n) is 5.13. The van der Waals surface area contributed by atoms with Gasteiger partial charge >= 0.3 is 5.97 Å². The van der Waals surface area contributed by atoms with Crippen molar-refractivity contribution in [1.29, 1.82) is 0 Å². The first-order valence-corrected chi connectivity index (χ1v) is 5.54. The van der Waals surface area contributed by atoms with Crippen LogP contribution >= 0.6 is 12.2 Å². The normalized spacial score (nSPS) is 10.3. The number of carboxylic acids is 1. The van der Waals surface area contributed by atoms with Crippen molar-refractivity contribution in [2.24, 2.45) is 0 Å². The van der Waals surface area contributed by atoms with Crippen molar-refractivity contribution in [3.63, 3.8) is 0 Å². The number of nitrogens with zero attached hydrogens (tertiary/aromatic N) is 2. The van der Waals surface area contributed by atoms with Crippen LogP contribution in [0.4, 0.5) is 0 Å². The zero-order valence-corrected chi connectivity index (χ0v) is 10.4. The van der Waals surface area contributed by atoms with E-state index in [1.165, 1.54) is 4.57 Å². The molecule has 1 heterocycles. The molecule has 2 aromatic rings. The molecule has 7 heteroatoms. The van der Waals surface area contributed by atoms with E-state index in [1.807, 2.05) is 0 Å². The maximum Gasteiger partial charge on any atom is 0.323 e. The summed E-state index contributed by atoms with van der Waals surface area (Å²) in [6, 6.07) is 7.14. The summed E-state index contributed by atoms with van der Waals surface area (Å²) in [6.45, 7) is -0.226. The molecular formula is C11H11N3O3S. The summed E-state index contributed by atoms with van der Waals surface area (Å²) >= 11 is 5.00. The summed E-state index contributed by atoms with van der Waals surface area (Å²) in [5.74, 6) is 0.241. The highest BCUT2D eigenvalue weighted by Gasteiger charge is 2.11. The summed E-state index contributed by atoms with van der Waals surface area (Å²) < 4.78 is 6.77. The number of nitrogens with one attached hydrogen (secondary N) is 1. The van der Waals surface area contributed by atoms with E-state index in [4.69, 9.17) is 22.1 Å². The molecule has 0 aliphatic carbocycles. The van der Waals surface area contributed by atoms with Gasteiger partial charge in [-0.15, -0.1) is 0 Å². The fourth-order valence-electron chi connectivity index (χ4n) is 1.56. The Morgan fingerprint density at radius 3 is 2.72 bits per heavy atom. The third-order valence-corrected chi connectivity index (χ3v) is 2.71.